The van der Waals surface area contributed by atoms with Gasteiger partial charge in [-0.15, -0.1) is 0 Å². The van der Waals surface area contributed by atoms with E-state index in [4.69, 9.17) is 5.73 Å². The van der Waals surface area contributed by atoms with Crippen molar-refractivity contribution in [3.8, 4) is 0 Å². The van der Waals surface area contributed by atoms with E-state index < -0.39 is 0 Å². The Labute approximate surface area is 114 Å². The molecule has 1 heterocycles. The first-order valence-electron chi connectivity index (χ1n) is 8.13. The van der Waals surface area contributed by atoms with Crippen LogP contribution in [0.1, 0.15) is 65.7 Å². The number of nitrogens with two attached hydrogens (primary N) is 1. The van der Waals surface area contributed by atoms with Crippen molar-refractivity contribution in [1.82, 2.24) is 4.90 Å². The molecule has 18 heavy (non-hydrogen) atoms. The number of hydrogen-bond donors (Lipinski definition) is 1. The van der Waals surface area contributed by atoms with Crippen molar-refractivity contribution in [2.45, 2.75) is 71.8 Å². The molecule has 108 valence electrons. The quantitative estimate of drug-likeness (QED) is 0.716. The molecule has 0 aromatic carbocycles. The van der Waals surface area contributed by atoms with Gasteiger partial charge in [0.05, 0.1) is 0 Å². The predicted octanol–water partition coefficient (Wildman–Crippen LogP) is 3.65. The van der Waals surface area contributed by atoms with Gasteiger partial charge in [0.1, 0.15) is 0 Å². The molecule has 0 bridgehead atoms. The Balaban J connectivity index is 2.22. The molecule has 0 aromatic rings. The van der Waals surface area contributed by atoms with Crippen molar-refractivity contribution < 1.29 is 0 Å². The lowest BCUT2D eigenvalue weighted by Crippen LogP contribution is -2.42. The smallest absolute Gasteiger partial charge is 0.00925 e. The summed E-state index contributed by atoms with van der Waals surface area (Å²) in [5.74, 6) is 1.76. The molecule has 2 heteroatoms. The van der Waals surface area contributed by atoms with E-state index in [0.717, 1.165) is 24.4 Å². The van der Waals surface area contributed by atoms with Gasteiger partial charge >= 0.3 is 0 Å². The maximum absolute atomic E-state index is 5.70. The third-order valence-electron chi connectivity index (χ3n) is 4.83. The molecule has 1 aliphatic heterocycles. The summed E-state index contributed by atoms with van der Waals surface area (Å²) in [5, 5.41) is 0. The van der Waals surface area contributed by atoms with Gasteiger partial charge in [0.2, 0.25) is 0 Å². The van der Waals surface area contributed by atoms with Crippen molar-refractivity contribution >= 4 is 0 Å². The topological polar surface area (TPSA) is 29.3 Å². The molecule has 1 saturated heterocycles. The molecule has 1 aliphatic rings. The molecule has 0 saturated carbocycles. The van der Waals surface area contributed by atoms with Crippen molar-refractivity contribution in [3.63, 3.8) is 0 Å². The Kier molecular flexibility index (Phi) is 7.92. The highest BCUT2D eigenvalue weighted by molar-refractivity contribution is 4.78. The minimum Gasteiger partial charge on any atom is -0.330 e. The van der Waals surface area contributed by atoms with Crippen molar-refractivity contribution in [2.24, 2.45) is 17.6 Å². The summed E-state index contributed by atoms with van der Waals surface area (Å²) in [6.07, 6.45) is 9.45. The van der Waals surface area contributed by atoms with Gasteiger partial charge in [-0.1, -0.05) is 26.7 Å². The molecule has 0 amide bonds. The molecule has 2 N–H and O–H groups in total. The van der Waals surface area contributed by atoms with Crippen LogP contribution in [0.4, 0.5) is 0 Å². The number of rotatable bonds is 8. The minimum absolute atomic E-state index is 0.790. The lowest BCUT2D eigenvalue weighted by Gasteiger charge is -2.38. The molecular weight excluding hydrogens is 220 g/mol. The van der Waals surface area contributed by atoms with Gasteiger partial charge in [0, 0.05) is 6.04 Å². The van der Waals surface area contributed by atoms with E-state index in [1.165, 1.54) is 58.0 Å². The summed E-state index contributed by atoms with van der Waals surface area (Å²) in [7, 11) is 0. The monoisotopic (exact) mass is 254 g/mol. The molecular formula is C16H34N2. The fourth-order valence-electron chi connectivity index (χ4n) is 3.40. The second-order valence-corrected chi connectivity index (χ2v) is 6.27. The van der Waals surface area contributed by atoms with E-state index in [-0.39, 0.29) is 0 Å². The molecule has 3 atom stereocenters. The number of piperidine rings is 1. The molecule has 1 fully saturated rings. The Bertz CT molecular complexity index is 199. The summed E-state index contributed by atoms with van der Waals surface area (Å²) < 4.78 is 0. The van der Waals surface area contributed by atoms with Crippen molar-refractivity contribution in [3.05, 3.63) is 0 Å². The van der Waals surface area contributed by atoms with Gasteiger partial charge in [-0.05, 0) is 70.5 Å². The van der Waals surface area contributed by atoms with E-state index >= 15 is 0 Å². The van der Waals surface area contributed by atoms with Gasteiger partial charge < -0.3 is 10.6 Å². The van der Waals surface area contributed by atoms with Crippen molar-refractivity contribution in [2.75, 3.05) is 19.6 Å². The SMILES string of the molecule is CCCC(CCN)CCCN1CCCC(C)C1C. The maximum Gasteiger partial charge on any atom is 0.00925 e. The average molecular weight is 254 g/mol. The highest BCUT2D eigenvalue weighted by atomic mass is 15.2. The van der Waals surface area contributed by atoms with Crippen LogP contribution in [-0.4, -0.2) is 30.6 Å². The first kappa shape index (κ1) is 16.0. The third kappa shape index (κ3) is 5.27. The normalized spacial score (nSPS) is 27.3. The Morgan fingerprint density at radius 2 is 2.00 bits per heavy atom. The number of nitrogens with zero attached hydrogens (tertiary/aromatic N) is 1. The Morgan fingerprint density at radius 3 is 2.67 bits per heavy atom. The highest BCUT2D eigenvalue weighted by Crippen LogP contribution is 2.24. The van der Waals surface area contributed by atoms with Gasteiger partial charge in [0.25, 0.3) is 0 Å². The van der Waals surface area contributed by atoms with Crippen LogP contribution in [-0.2, 0) is 0 Å². The Morgan fingerprint density at radius 1 is 1.22 bits per heavy atom. The highest BCUT2D eigenvalue weighted by Gasteiger charge is 2.24. The molecule has 1 rings (SSSR count). The molecule has 0 radical (unpaired) electrons. The lowest BCUT2D eigenvalue weighted by atomic mass is 9.91. The first-order chi connectivity index (χ1) is 8.69. The zero-order valence-electron chi connectivity index (χ0n) is 12.8. The summed E-state index contributed by atoms with van der Waals surface area (Å²) >= 11 is 0. The van der Waals surface area contributed by atoms with Gasteiger partial charge in [0.15, 0.2) is 0 Å². The minimum atomic E-state index is 0.790. The summed E-state index contributed by atoms with van der Waals surface area (Å²) in [6, 6.07) is 0.790. The second kappa shape index (κ2) is 8.92. The van der Waals surface area contributed by atoms with Gasteiger partial charge in [-0.2, -0.15) is 0 Å². The second-order valence-electron chi connectivity index (χ2n) is 6.27. The van der Waals surface area contributed by atoms with E-state index in [9.17, 15) is 0 Å². The van der Waals surface area contributed by atoms with E-state index in [2.05, 4.69) is 25.7 Å². The van der Waals surface area contributed by atoms with E-state index in [0.29, 0.717) is 0 Å². The van der Waals surface area contributed by atoms with Crippen LogP contribution in [0.5, 0.6) is 0 Å². The molecule has 0 aliphatic carbocycles. The molecule has 0 aromatic heterocycles. The largest absolute Gasteiger partial charge is 0.330 e. The molecule has 3 unspecified atom stereocenters. The van der Waals surface area contributed by atoms with Gasteiger partial charge in [-0.3, -0.25) is 0 Å². The van der Waals surface area contributed by atoms with Crippen LogP contribution in [0.25, 0.3) is 0 Å². The zero-order valence-corrected chi connectivity index (χ0v) is 12.8. The Hall–Kier alpha value is -0.0800. The fourth-order valence-corrected chi connectivity index (χ4v) is 3.40. The van der Waals surface area contributed by atoms with Gasteiger partial charge in [-0.25, -0.2) is 0 Å². The summed E-state index contributed by atoms with van der Waals surface area (Å²) in [4.78, 5) is 2.71. The van der Waals surface area contributed by atoms with Crippen LogP contribution in [0.3, 0.4) is 0 Å². The average Bonchev–Trinajstić information content (AvgIpc) is 2.35. The van der Waals surface area contributed by atoms with E-state index in [1.807, 2.05) is 0 Å². The van der Waals surface area contributed by atoms with Crippen LogP contribution in [0, 0.1) is 11.8 Å². The summed E-state index contributed by atoms with van der Waals surface area (Å²) in [6.45, 7) is 10.6. The fraction of sp³-hybridized carbons (Fsp3) is 1.00. The van der Waals surface area contributed by atoms with Crippen molar-refractivity contribution in [1.29, 1.82) is 0 Å². The predicted molar refractivity (Wildman–Crippen MR) is 80.7 cm³/mol. The number of hydrogen-bond acceptors (Lipinski definition) is 2. The van der Waals surface area contributed by atoms with Crippen LogP contribution < -0.4 is 5.73 Å². The molecule has 0 spiro atoms. The van der Waals surface area contributed by atoms with E-state index in [1.54, 1.807) is 0 Å². The lowest BCUT2D eigenvalue weighted by molar-refractivity contribution is 0.110. The molecule has 2 nitrogen and oxygen atoms in total. The number of likely N-dealkylation sites (tertiary alicyclic amines) is 1. The summed E-state index contributed by atoms with van der Waals surface area (Å²) in [5.41, 5.74) is 5.70. The van der Waals surface area contributed by atoms with Crippen LogP contribution in [0.15, 0.2) is 0 Å². The maximum atomic E-state index is 5.70. The first-order valence-corrected chi connectivity index (χ1v) is 8.13. The zero-order chi connectivity index (χ0) is 13.4. The van der Waals surface area contributed by atoms with Crippen LogP contribution in [0.2, 0.25) is 0 Å². The third-order valence-corrected chi connectivity index (χ3v) is 4.83. The standard InChI is InChI=1S/C16H34N2/c1-4-7-16(10-11-17)9-6-13-18-12-5-8-14(2)15(18)3/h14-16H,4-13,17H2,1-3H3. The van der Waals surface area contributed by atoms with Crippen LogP contribution >= 0.6 is 0 Å².